The Balaban J connectivity index is 1.96. The zero-order valence-electron chi connectivity index (χ0n) is 16.9. The number of hydrogen-bond donors (Lipinski definition) is 1. The van der Waals surface area contributed by atoms with Gasteiger partial charge in [0.05, 0.1) is 23.6 Å². The second-order valence-corrected chi connectivity index (χ2v) is 9.99. The number of nitrogens with one attached hydrogen (secondary N) is 1. The number of hydrogen-bond acceptors (Lipinski definition) is 7. The molecule has 160 valence electrons. The Labute approximate surface area is 178 Å². The first kappa shape index (κ1) is 22.0. The molecule has 0 bridgehead atoms. The predicted octanol–water partition coefficient (Wildman–Crippen LogP) is 2.49. The first-order valence-corrected chi connectivity index (χ1v) is 12.0. The molecule has 0 spiro atoms. The van der Waals surface area contributed by atoms with Gasteiger partial charge in [0.2, 0.25) is 5.91 Å². The number of nitrogens with zero attached hydrogens (tertiary/aromatic N) is 1. The molecule has 0 unspecified atom stereocenters. The first-order chi connectivity index (χ1) is 14.1. The minimum absolute atomic E-state index is 0.0309. The van der Waals surface area contributed by atoms with E-state index in [0.29, 0.717) is 30.1 Å². The maximum Gasteiger partial charge on any atom is 0.341 e. The lowest BCUT2D eigenvalue weighted by atomic mass is 10.0. The first-order valence-electron chi connectivity index (χ1n) is 9.30. The fraction of sp³-hybridized carbons (Fsp3) is 0.350. The SMILES string of the molecule is CCOC(=O)c1c(NC(=O)c2cccc(S(C)(=O)=O)c2)sc2c1CCN(C(C)=O)C2. The molecular formula is C20H22N2O6S2. The van der Waals surface area contributed by atoms with E-state index in [1.165, 1.54) is 42.5 Å². The largest absolute Gasteiger partial charge is 0.462 e. The number of benzene rings is 1. The molecule has 1 aliphatic rings. The highest BCUT2D eigenvalue weighted by atomic mass is 32.2. The molecule has 1 aromatic heterocycles. The fourth-order valence-electron chi connectivity index (χ4n) is 3.22. The highest BCUT2D eigenvalue weighted by molar-refractivity contribution is 7.90. The summed E-state index contributed by atoms with van der Waals surface area (Å²) >= 11 is 1.23. The lowest BCUT2D eigenvalue weighted by Crippen LogP contribution is -2.34. The maximum atomic E-state index is 12.8. The Kier molecular flexibility index (Phi) is 6.27. The monoisotopic (exact) mass is 450 g/mol. The molecule has 0 saturated carbocycles. The molecule has 2 amide bonds. The molecule has 10 heteroatoms. The van der Waals surface area contributed by atoms with Gasteiger partial charge in [-0.25, -0.2) is 13.2 Å². The number of fused-ring (bicyclic) bond motifs is 1. The van der Waals surface area contributed by atoms with E-state index in [4.69, 9.17) is 4.74 Å². The van der Waals surface area contributed by atoms with Crippen LogP contribution < -0.4 is 5.32 Å². The number of amides is 2. The van der Waals surface area contributed by atoms with E-state index in [0.717, 1.165) is 16.7 Å². The second-order valence-electron chi connectivity index (χ2n) is 6.87. The number of sulfone groups is 1. The lowest BCUT2D eigenvalue weighted by Gasteiger charge is -2.25. The van der Waals surface area contributed by atoms with Crippen molar-refractivity contribution in [3.8, 4) is 0 Å². The van der Waals surface area contributed by atoms with E-state index >= 15 is 0 Å². The Morgan fingerprint density at radius 2 is 2.00 bits per heavy atom. The lowest BCUT2D eigenvalue weighted by molar-refractivity contribution is -0.129. The van der Waals surface area contributed by atoms with Crippen molar-refractivity contribution in [1.82, 2.24) is 4.90 Å². The average molecular weight is 451 g/mol. The van der Waals surface area contributed by atoms with Gasteiger partial charge in [-0.1, -0.05) is 6.07 Å². The van der Waals surface area contributed by atoms with Gasteiger partial charge in [0.1, 0.15) is 5.00 Å². The van der Waals surface area contributed by atoms with E-state index in [2.05, 4.69) is 5.32 Å². The molecule has 8 nitrogen and oxygen atoms in total. The van der Waals surface area contributed by atoms with Crippen LogP contribution in [0, 0.1) is 0 Å². The van der Waals surface area contributed by atoms with Gasteiger partial charge >= 0.3 is 5.97 Å². The molecule has 2 aromatic rings. The summed E-state index contributed by atoms with van der Waals surface area (Å²) in [6.45, 7) is 4.22. The minimum atomic E-state index is -3.47. The van der Waals surface area contributed by atoms with Crippen LogP contribution in [-0.4, -0.2) is 50.5 Å². The summed E-state index contributed by atoms with van der Waals surface area (Å²) in [5.74, 6) is -1.13. The van der Waals surface area contributed by atoms with Crippen LogP contribution in [0.2, 0.25) is 0 Å². The van der Waals surface area contributed by atoms with E-state index in [1.807, 2.05) is 0 Å². The molecule has 0 atom stereocenters. The molecule has 0 saturated heterocycles. The van der Waals surface area contributed by atoms with Gasteiger partial charge in [-0.15, -0.1) is 11.3 Å². The molecule has 2 heterocycles. The standard InChI is InChI=1S/C20H22N2O6S2/c1-4-28-20(25)17-15-8-9-22(12(2)23)11-16(15)29-19(17)21-18(24)13-6-5-7-14(10-13)30(3,26)27/h5-7,10H,4,8-9,11H2,1-3H3,(H,21,24). The summed E-state index contributed by atoms with van der Waals surface area (Å²) in [6.07, 6.45) is 1.55. The van der Waals surface area contributed by atoms with Gasteiger partial charge in [-0.05, 0) is 37.1 Å². The van der Waals surface area contributed by atoms with Crippen LogP contribution in [0.25, 0.3) is 0 Å². The molecule has 30 heavy (non-hydrogen) atoms. The second kappa shape index (κ2) is 8.57. The fourth-order valence-corrected chi connectivity index (χ4v) is 5.14. The van der Waals surface area contributed by atoms with E-state index < -0.39 is 21.7 Å². The third kappa shape index (κ3) is 4.54. The van der Waals surface area contributed by atoms with Crippen LogP contribution in [0.4, 0.5) is 5.00 Å². The molecule has 3 rings (SSSR count). The smallest absolute Gasteiger partial charge is 0.341 e. The number of esters is 1. The van der Waals surface area contributed by atoms with Crippen LogP contribution in [0.1, 0.15) is 45.0 Å². The van der Waals surface area contributed by atoms with Crippen LogP contribution in [-0.2, 0) is 32.3 Å². The minimum Gasteiger partial charge on any atom is -0.462 e. The normalized spacial score (nSPS) is 13.5. The number of anilines is 1. The Morgan fingerprint density at radius 1 is 1.27 bits per heavy atom. The van der Waals surface area contributed by atoms with Gasteiger partial charge in [-0.3, -0.25) is 9.59 Å². The zero-order chi connectivity index (χ0) is 22.1. The van der Waals surface area contributed by atoms with Crippen molar-refractivity contribution in [2.45, 2.75) is 31.7 Å². The van der Waals surface area contributed by atoms with Crippen LogP contribution in [0.5, 0.6) is 0 Å². The molecule has 1 aromatic carbocycles. The average Bonchev–Trinajstić information content (AvgIpc) is 3.04. The molecule has 1 aliphatic heterocycles. The summed E-state index contributed by atoms with van der Waals surface area (Å²) in [6, 6.07) is 5.69. The maximum absolute atomic E-state index is 12.8. The summed E-state index contributed by atoms with van der Waals surface area (Å²) in [5, 5.41) is 3.06. The van der Waals surface area contributed by atoms with Crippen LogP contribution in [0.15, 0.2) is 29.2 Å². The summed E-state index contributed by atoms with van der Waals surface area (Å²) in [4.78, 5) is 39.6. The number of rotatable bonds is 5. The van der Waals surface area contributed by atoms with Gasteiger partial charge in [0.15, 0.2) is 9.84 Å². The van der Waals surface area contributed by atoms with Crippen molar-refractivity contribution >= 4 is 44.0 Å². The third-order valence-corrected chi connectivity index (χ3v) is 6.98. The number of ether oxygens (including phenoxy) is 1. The van der Waals surface area contributed by atoms with Crippen LogP contribution >= 0.6 is 11.3 Å². The van der Waals surface area contributed by atoms with Gasteiger partial charge in [0.25, 0.3) is 5.91 Å². The number of carbonyl (C=O) groups excluding carboxylic acids is 3. The van der Waals surface area contributed by atoms with E-state index in [-0.39, 0.29) is 23.0 Å². The van der Waals surface area contributed by atoms with Gasteiger partial charge in [-0.2, -0.15) is 0 Å². The van der Waals surface area contributed by atoms with Gasteiger partial charge in [0, 0.05) is 30.2 Å². The molecular weight excluding hydrogens is 428 g/mol. The summed E-state index contributed by atoms with van der Waals surface area (Å²) < 4.78 is 28.7. The van der Waals surface area contributed by atoms with E-state index in [9.17, 15) is 22.8 Å². The Hall–Kier alpha value is -2.72. The van der Waals surface area contributed by atoms with Crippen molar-refractivity contribution in [2.24, 2.45) is 0 Å². The number of thiophene rings is 1. The van der Waals surface area contributed by atoms with Crippen LogP contribution in [0.3, 0.4) is 0 Å². The predicted molar refractivity (Wildman–Crippen MR) is 113 cm³/mol. The topological polar surface area (TPSA) is 110 Å². The van der Waals surface area contributed by atoms with Crippen molar-refractivity contribution in [2.75, 3.05) is 24.7 Å². The Bertz CT molecular complexity index is 1120. The zero-order valence-corrected chi connectivity index (χ0v) is 18.5. The summed E-state index contributed by atoms with van der Waals surface area (Å²) in [5.41, 5.74) is 1.23. The highest BCUT2D eigenvalue weighted by Crippen LogP contribution is 2.38. The molecule has 0 radical (unpaired) electrons. The third-order valence-electron chi connectivity index (χ3n) is 4.73. The van der Waals surface area contributed by atoms with Crippen molar-refractivity contribution in [3.05, 3.63) is 45.8 Å². The highest BCUT2D eigenvalue weighted by Gasteiger charge is 2.30. The van der Waals surface area contributed by atoms with E-state index in [1.54, 1.807) is 11.8 Å². The van der Waals surface area contributed by atoms with Gasteiger partial charge < -0.3 is 15.0 Å². The van der Waals surface area contributed by atoms with Crippen molar-refractivity contribution in [1.29, 1.82) is 0 Å². The molecule has 0 aliphatic carbocycles. The van der Waals surface area contributed by atoms with Crippen molar-refractivity contribution < 1.29 is 27.5 Å². The Morgan fingerprint density at radius 3 is 2.63 bits per heavy atom. The molecule has 0 fully saturated rings. The quantitative estimate of drug-likeness (QED) is 0.701. The van der Waals surface area contributed by atoms with Crippen molar-refractivity contribution in [3.63, 3.8) is 0 Å². The summed E-state index contributed by atoms with van der Waals surface area (Å²) in [7, 11) is -3.47. The molecule has 1 N–H and O–H groups in total. The number of carbonyl (C=O) groups is 3.